The summed E-state index contributed by atoms with van der Waals surface area (Å²) in [5.74, 6) is 3.23. The number of rotatable bonds is 10. The fourth-order valence-electron chi connectivity index (χ4n) is 4.75. The largest absolute Gasteiger partial charge is 0.382 e. The third-order valence-corrected chi connectivity index (χ3v) is 6.56. The molecular weight excluding hydrogens is 491 g/mol. The molecule has 0 aromatic carbocycles. The highest BCUT2D eigenvalue weighted by atomic mass is 127. The number of hydrogen-bond acceptors (Lipinski definition) is 4. The third-order valence-electron chi connectivity index (χ3n) is 6.56. The minimum atomic E-state index is 0. The number of fused-ring (bicyclic) bond motifs is 1. The van der Waals surface area contributed by atoms with Crippen LogP contribution in [0.25, 0.3) is 0 Å². The maximum Gasteiger partial charge on any atom is 0.190 e. The molecule has 0 radical (unpaired) electrons. The molecule has 2 aliphatic rings. The third kappa shape index (κ3) is 7.35. The first-order chi connectivity index (χ1) is 14.3. The second-order valence-corrected chi connectivity index (χ2v) is 8.60. The standard InChI is InChI=1S/C22H40N6O.HI/c1-3-29-17-14-22(12-6-7-13-22)18-25-21(23-2)24-15-9-11-20-27-26-19-10-5-4-8-16-28(19)20;/h3-18H2,1-2H3,(H2,23,24,25);1H. The Morgan fingerprint density at radius 3 is 2.73 bits per heavy atom. The fraction of sp³-hybridized carbons (Fsp3) is 0.864. The molecule has 0 spiro atoms. The van der Waals surface area contributed by atoms with Gasteiger partial charge in [0, 0.05) is 52.7 Å². The van der Waals surface area contributed by atoms with E-state index in [-0.39, 0.29) is 24.0 Å². The minimum absolute atomic E-state index is 0. The molecule has 0 atom stereocenters. The molecule has 2 heterocycles. The van der Waals surface area contributed by atoms with E-state index in [0.717, 1.165) is 70.3 Å². The van der Waals surface area contributed by atoms with Crippen LogP contribution < -0.4 is 10.6 Å². The molecule has 1 fully saturated rings. The summed E-state index contributed by atoms with van der Waals surface area (Å²) >= 11 is 0. The lowest BCUT2D eigenvalue weighted by Gasteiger charge is -2.30. The number of aromatic nitrogens is 3. The average Bonchev–Trinajstić information content (AvgIpc) is 3.28. The second-order valence-electron chi connectivity index (χ2n) is 8.60. The molecule has 0 amide bonds. The molecular formula is C22H41IN6O. The summed E-state index contributed by atoms with van der Waals surface area (Å²) in [5.41, 5.74) is 0.367. The molecule has 3 rings (SSSR count). The van der Waals surface area contributed by atoms with Gasteiger partial charge in [0.15, 0.2) is 5.96 Å². The van der Waals surface area contributed by atoms with Crippen LogP contribution in [0.2, 0.25) is 0 Å². The summed E-state index contributed by atoms with van der Waals surface area (Å²) in [6, 6.07) is 0. The first-order valence-corrected chi connectivity index (χ1v) is 11.7. The lowest BCUT2D eigenvalue weighted by Crippen LogP contribution is -2.43. The van der Waals surface area contributed by atoms with Gasteiger partial charge >= 0.3 is 0 Å². The van der Waals surface area contributed by atoms with Crippen LogP contribution in [0.1, 0.15) is 76.4 Å². The number of ether oxygens (including phenoxy) is 1. The number of guanidine groups is 1. The van der Waals surface area contributed by atoms with Gasteiger partial charge in [-0.3, -0.25) is 4.99 Å². The second kappa shape index (κ2) is 13.5. The van der Waals surface area contributed by atoms with Crippen LogP contribution in [0.3, 0.4) is 0 Å². The van der Waals surface area contributed by atoms with E-state index in [1.54, 1.807) is 0 Å². The van der Waals surface area contributed by atoms with Crippen molar-refractivity contribution in [3.8, 4) is 0 Å². The summed E-state index contributed by atoms with van der Waals surface area (Å²) in [5, 5.41) is 15.9. The summed E-state index contributed by atoms with van der Waals surface area (Å²) in [6.07, 6.45) is 13.3. The van der Waals surface area contributed by atoms with Crippen molar-refractivity contribution in [2.75, 3.05) is 33.4 Å². The van der Waals surface area contributed by atoms with Crippen LogP contribution in [-0.2, 0) is 24.1 Å². The van der Waals surface area contributed by atoms with E-state index in [2.05, 4.69) is 37.3 Å². The normalized spacial score (nSPS) is 18.4. The Hall–Kier alpha value is -0.900. The molecule has 30 heavy (non-hydrogen) atoms. The topological polar surface area (TPSA) is 76.4 Å². The SMILES string of the molecule is CCOCCC1(CNC(=NC)NCCCc2nnc3n2CCCCC3)CCCC1.I. The van der Waals surface area contributed by atoms with Gasteiger partial charge in [-0.1, -0.05) is 19.3 Å². The molecule has 1 aromatic rings. The molecule has 0 saturated heterocycles. The summed E-state index contributed by atoms with van der Waals surface area (Å²) < 4.78 is 7.98. The number of halogens is 1. The van der Waals surface area contributed by atoms with Crippen molar-refractivity contribution < 1.29 is 4.74 Å². The van der Waals surface area contributed by atoms with E-state index in [9.17, 15) is 0 Å². The maximum atomic E-state index is 5.63. The van der Waals surface area contributed by atoms with Gasteiger partial charge in [-0.15, -0.1) is 34.2 Å². The summed E-state index contributed by atoms with van der Waals surface area (Å²) in [6.45, 7) is 6.71. The van der Waals surface area contributed by atoms with Gasteiger partial charge in [-0.2, -0.15) is 0 Å². The predicted molar refractivity (Wildman–Crippen MR) is 133 cm³/mol. The molecule has 1 saturated carbocycles. The highest BCUT2D eigenvalue weighted by Crippen LogP contribution is 2.40. The maximum absolute atomic E-state index is 5.63. The Labute approximate surface area is 199 Å². The van der Waals surface area contributed by atoms with E-state index in [0.29, 0.717) is 5.41 Å². The molecule has 1 aromatic heterocycles. The van der Waals surface area contributed by atoms with Crippen molar-refractivity contribution in [2.45, 2.75) is 84.1 Å². The molecule has 0 bridgehead atoms. The van der Waals surface area contributed by atoms with Gasteiger partial charge in [-0.25, -0.2) is 0 Å². The van der Waals surface area contributed by atoms with Gasteiger partial charge in [0.1, 0.15) is 11.6 Å². The number of nitrogens with one attached hydrogen (secondary N) is 2. The van der Waals surface area contributed by atoms with Crippen molar-refractivity contribution in [1.82, 2.24) is 25.4 Å². The zero-order valence-corrected chi connectivity index (χ0v) is 21.2. The van der Waals surface area contributed by atoms with Gasteiger partial charge in [0.05, 0.1) is 0 Å². The lowest BCUT2D eigenvalue weighted by atomic mass is 9.83. The van der Waals surface area contributed by atoms with Crippen molar-refractivity contribution in [1.29, 1.82) is 0 Å². The monoisotopic (exact) mass is 532 g/mol. The van der Waals surface area contributed by atoms with E-state index < -0.39 is 0 Å². The van der Waals surface area contributed by atoms with Crippen LogP contribution in [-0.4, -0.2) is 54.1 Å². The highest BCUT2D eigenvalue weighted by Gasteiger charge is 2.33. The van der Waals surface area contributed by atoms with Crippen molar-refractivity contribution in [2.24, 2.45) is 10.4 Å². The van der Waals surface area contributed by atoms with Crippen LogP contribution >= 0.6 is 24.0 Å². The van der Waals surface area contributed by atoms with Crippen LogP contribution in [0.15, 0.2) is 4.99 Å². The number of nitrogens with zero attached hydrogens (tertiary/aromatic N) is 4. The average molecular weight is 533 g/mol. The zero-order chi connectivity index (χ0) is 20.4. The predicted octanol–water partition coefficient (Wildman–Crippen LogP) is 3.71. The Bertz CT molecular complexity index is 642. The molecule has 2 N–H and O–H groups in total. The van der Waals surface area contributed by atoms with E-state index in [1.165, 1.54) is 50.8 Å². The van der Waals surface area contributed by atoms with E-state index >= 15 is 0 Å². The Morgan fingerprint density at radius 1 is 1.13 bits per heavy atom. The lowest BCUT2D eigenvalue weighted by molar-refractivity contribution is 0.105. The Morgan fingerprint density at radius 2 is 1.97 bits per heavy atom. The Balaban J connectivity index is 0.00000320. The molecule has 1 aliphatic heterocycles. The molecule has 7 nitrogen and oxygen atoms in total. The van der Waals surface area contributed by atoms with E-state index in [4.69, 9.17) is 4.74 Å². The van der Waals surface area contributed by atoms with Crippen LogP contribution in [0.4, 0.5) is 0 Å². The highest BCUT2D eigenvalue weighted by molar-refractivity contribution is 14.0. The summed E-state index contributed by atoms with van der Waals surface area (Å²) in [4.78, 5) is 4.42. The van der Waals surface area contributed by atoms with E-state index in [1.807, 2.05) is 7.05 Å². The number of aryl methyl sites for hydroxylation is 2. The molecule has 8 heteroatoms. The van der Waals surface area contributed by atoms with Crippen molar-refractivity contribution in [3.05, 3.63) is 11.6 Å². The van der Waals surface area contributed by atoms with Crippen molar-refractivity contribution in [3.63, 3.8) is 0 Å². The summed E-state index contributed by atoms with van der Waals surface area (Å²) in [7, 11) is 1.86. The smallest absolute Gasteiger partial charge is 0.190 e. The van der Waals surface area contributed by atoms with Gasteiger partial charge < -0.3 is 19.9 Å². The number of hydrogen-bond donors (Lipinski definition) is 2. The minimum Gasteiger partial charge on any atom is -0.382 e. The van der Waals surface area contributed by atoms with Gasteiger partial charge in [0.2, 0.25) is 0 Å². The number of aliphatic imine (C=N–C) groups is 1. The first-order valence-electron chi connectivity index (χ1n) is 11.7. The first kappa shape index (κ1) is 25.4. The molecule has 172 valence electrons. The fourth-order valence-corrected chi connectivity index (χ4v) is 4.75. The zero-order valence-electron chi connectivity index (χ0n) is 18.9. The van der Waals surface area contributed by atoms with Gasteiger partial charge in [0.25, 0.3) is 0 Å². The Kier molecular flexibility index (Phi) is 11.4. The van der Waals surface area contributed by atoms with Gasteiger partial charge in [-0.05, 0) is 50.9 Å². The van der Waals surface area contributed by atoms with Crippen LogP contribution in [0.5, 0.6) is 0 Å². The quantitative estimate of drug-likeness (QED) is 0.208. The van der Waals surface area contributed by atoms with Crippen LogP contribution in [0, 0.1) is 5.41 Å². The molecule has 0 unspecified atom stereocenters. The molecule has 1 aliphatic carbocycles. The van der Waals surface area contributed by atoms with Crippen molar-refractivity contribution >= 4 is 29.9 Å².